The van der Waals surface area contributed by atoms with E-state index in [0.717, 1.165) is 28.1 Å². The Morgan fingerprint density at radius 3 is 2.86 bits per heavy atom. The van der Waals surface area contributed by atoms with E-state index in [-0.39, 0.29) is 23.7 Å². The van der Waals surface area contributed by atoms with Gasteiger partial charge in [0.25, 0.3) is 0 Å². The first-order valence-electron chi connectivity index (χ1n) is 7.37. The highest BCUT2D eigenvalue weighted by molar-refractivity contribution is 9.11. The zero-order valence-corrected chi connectivity index (χ0v) is 15.0. The number of carbonyl (C=O) groups excluding carboxylic acids is 1. The molecule has 1 N–H and O–H groups in total. The average molecular weight is 376 g/mol. The molecule has 0 spiro atoms. The minimum absolute atomic E-state index is 0.0416. The molecule has 0 amide bonds. The van der Waals surface area contributed by atoms with Crippen molar-refractivity contribution in [2.75, 3.05) is 6.61 Å². The Morgan fingerprint density at radius 1 is 1.62 bits per heavy atom. The van der Waals surface area contributed by atoms with Crippen molar-refractivity contribution in [3.05, 3.63) is 15.0 Å². The van der Waals surface area contributed by atoms with E-state index in [2.05, 4.69) is 27.8 Å². The minimum Gasteiger partial charge on any atom is -0.466 e. The number of hydrogen-bond acceptors (Lipinski definition) is 5. The van der Waals surface area contributed by atoms with Gasteiger partial charge in [-0.2, -0.15) is 0 Å². The summed E-state index contributed by atoms with van der Waals surface area (Å²) in [5.41, 5.74) is -0.940. The summed E-state index contributed by atoms with van der Waals surface area (Å²) in [6, 6.07) is 0. The van der Waals surface area contributed by atoms with E-state index in [1.54, 1.807) is 6.20 Å². The Kier molecular flexibility index (Phi) is 5.43. The summed E-state index contributed by atoms with van der Waals surface area (Å²) < 4.78 is 6.06. The highest BCUT2D eigenvalue weighted by atomic mass is 79.9. The van der Waals surface area contributed by atoms with Crippen LogP contribution in [0.2, 0.25) is 0 Å². The molecule has 0 radical (unpaired) electrons. The van der Waals surface area contributed by atoms with Crippen LogP contribution in [-0.2, 0) is 15.1 Å². The molecule has 1 aromatic heterocycles. The highest BCUT2D eigenvalue weighted by Gasteiger charge is 2.43. The zero-order chi connectivity index (χ0) is 15.6. The molecular weight excluding hydrogens is 354 g/mol. The Labute approximate surface area is 138 Å². The van der Waals surface area contributed by atoms with Crippen LogP contribution < -0.4 is 0 Å². The molecule has 4 atom stereocenters. The standard InChI is InChI=1S/C15H22BrNO3S/c1-4-20-13(18)11-6-5-10(7-9(11)2)15(3,19)14-17-8-12(16)21-14/h8-11,19H,4-7H2,1-3H3/t9-,10?,11+,15-/m0/s1. The van der Waals surface area contributed by atoms with Gasteiger partial charge in [0, 0.05) is 0 Å². The number of ether oxygens (including phenoxy) is 1. The Bertz CT molecular complexity index is 503. The number of carbonyl (C=O) groups is 1. The van der Waals surface area contributed by atoms with Gasteiger partial charge in [-0.15, -0.1) is 11.3 Å². The van der Waals surface area contributed by atoms with Crippen LogP contribution in [0.15, 0.2) is 9.98 Å². The minimum atomic E-state index is -0.940. The molecule has 1 heterocycles. The van der Waals surface area contributed by atoms with Crippen LogP contribution in [0.5, 0.6) is 0 Å². The van der Waals surface area contributed by atoms with E-state index in [9.17, 15) is 9.90 Å². The maximum Gasteiger partial charge on any atom is 0.309 e. The maximum atomic E-state index is 11.9. The molecule has 0 saturated heterocycles. The van der Waals surface area contributed by atoms with Crippen molar-refractivity contribution in [2.24, 2.45) is 17.8 Å². The van der Waals surface area contributed by atoms with E-state index in [1.807, 2.05) is 13.8 Å². The molecule has 1 aromatic rings. The molecule has 1 saturated carbocycles. The summed E-state index contributed by atoms with van der Waals surface area (Å²) in [6.07, 6.45) is 4.13. The third-order valence-corrected chi connectivity index (χ3v) is 6.17. The van der Waals surface area contributed by atoms with Crippen LogP contribution in [0.3, 0.4) is 0 Å². The van der Waals surface area contributed by atoms with Gasteiger partial charge in [0.2, 0.25) is 0 Å². The molecule has 2 rings (SSSR count). The molecule has 1 unspecified atom stereocenters. The zero-order valence-electron chi connectivity index (χ0n) is 12.6. The Balaban J connectivity index is 2.06. The van der Waals surface area contributed by atoms with Crippen molar-refractivity contribution < 1.29 is 14.6 Å². The van der Waals surface area contributed by atoms with E-state index in [0.29, 0.717) is 6.61 Å². The third kappa shape index (κ3) is 3.66. The number of nitrogens with zero attached hydrogens (tertiary/aromatic N) is 1. The summed E-state index contributed by atoms with van der Waals surface area (Å²) in [7, 11) is 0. The number of thiazole rings is 1. The van der Waals surface area contributed by atoms with Crippen LogP contribution >= 0.6 is 27.3 Å². The van der Waals surface area contributed by atoms with Crippen molar-refractivity contribution in [1.82, 2.24) is 4.98 Å². The van der Waals surface area contributed by atoms with Gasteiger partial charge >= 0.3 is 5.97 Å². The second kappa shape index (κ2) is 6.75. The van der Waals surface area contributed by atoms with Gasteiger partial charge in [0.05, 0.1) is 22.5 Å². The van der Waals surface area contributed by atoms with Crippen LogP contribution in [0.25, 0.3) is 0 Å². The van der Waals surface area contributed by atoms with E-state index in [4.69, 9.17) is 4.74 Å². The normalized spacial score (nSPS) is 28.9. The second-order valence-electron chi connectivity index (χ2n) is 5.96. The van der Waals surface area contributed by atoms with Crippen molar-refractivity contribution in [1.29, 1.82) is 0 Å². The van der Waals surface area contributed by atoms with Gasteiger partial charge in [-0.05, 0) is 60.9 Å². The molecule has 1 aliphatic carbocycles. The van der Waals surface area contributed by atoms with Gasteiger partial charge in [0.15, 0.2) is 0 Å². The van der Waals surface area contributed by atoms with Crippen molar-refractivity contribution in [3.63, 3.8) is 0 Å². The summed E-state index contributed by atoms with van der Waals surface area (Å²) in [5, 5.41) is 11.6. The van der Waals surface area contributed by atoms with E-state index >= 15 is 0 Å². The lowest BCUT2D eigenvalue weighted by Gasteiger charge is -2.39. The monoisotopic (exact) mass is 375 g/mol. The quantitative estimate of drug-likeness (QED) is 0.814. The SMILES string of the molecule is CCOC(=O)[C@@H]1CCC([C@](C)(O)c2ncc(Br)s2)C[C@@H]1C. The largest absolute Gasteiger partial charge is 0.466 e. The third-order valence-electron chi connectivity index (χ3n) is 4.46. The molecule has 0 aliphatic heterocycles. The molecule has 1 fully saturated rings. The van der Waals surface area contributed by atoms with Crippen LogP contribution in [0.4, 0.5) is 0 Å². The second-order valence-corrected chi connectivity index (χ2v) is 8.37. The van der Waals surface area contributed by atoms with Gasteiger partial charge in [-0.3, -0.25) is 4.79 Å². The molecule has 0 bridgehead atoms. The molecule has 0 aromatic carbocycles. The summed E-state index contributed by atoms with van der Waals surface area (Å²) in [5.74, 6) is 0.203. The van der Waals surface area contributed by atoms with Crippen LogP contribution in [0.1, 0.15) is 45.0 Å². The first-order chi connectivity index (χ1) is 9.86. The molecule has 118 valence electrons. The molecular formula is C15H22BrNO3S. The lowest BCUT2D eigenvalue weighted by atomic mass is 9.69. The molecule has 6 heteroatoms. The predicted molar refractivity (Wildman–Crippen MR) is 86.0 cm³/mol. The number of esters is 1. The number of aliphatic hydroxyl groups is 1. The maximum absolute atomic E-state index is 11.9. The summed E-state index contributed by atoms with van der Waals surface area (Å²) in [4.78, 5) is 16.2. The van der Waals surface area contributed by atoms with Gasteiger partial charge in [-0.1, -0.05) is 6.92 Å². The number of halogens is 1. The van der Waals surface area contributed by atoms with Crippen LogP contribution in [-0.4, -0.2) is 22.7 Å². The van der Waals surface area contributed by atoms with Crippen molar-refractivity contribution in [2.45, 2.75) is 45.6 Å². The fourth-order valence-corrected chi connectivity index (χ4v) is 4.50. The highest BCUT2D eigenvalue weighted by Crippen LogP contribution is 2.44. The smallest absolute Gasteiger partial charge is 0.309 e. The van der Waals surface area contributed by atoms with E-state index in [1.165, 1.54) is 11.3 Å². The first-order valence-corrected chi connectivity index (χ1v) is 8.98. The number of rotatable bonds is 4. The lowest BCUT2D eigenvalue weighted by molar-refractivity contribution is -0.153. The number of hydrogen-bond donors (Lipinski definition) is 1. The Morgan fingerprint density at radius 2 is 2.33 bits per heavy atom. The predicted octanol–water partition coefficient (Wildman–Crippen LogP) is 3.73. The average Bonchev–Trinajstić information content (AvgIpc) is 2.86. The van der Waals surface area contributed by atoms with Crippen molar-refractivity contribution >= 4 is 33.2 Å². The fraction of sp³-hybridized carbons (Fsp3) is 0.733. The summed E-state index contributed by atoms with van der Waals surface area (Å²) in [6.45, 7) is 6.16. The first kappa shape index (κ1) is 16.9. The van der Waals surface area contributed by atoms with Crippen molar-refractivity contribution in [3.8, 4) is 0 Å². The number of aromatic nitrogens is 1. The molecule has 1 aliphatic rings. The van der Waals surface area contributed by atoms with Gasteiger partial charge in [-0.25, -0.2) is 4.98 Å². The lowest BCUT2D eigenvalue weighted by Crippen LogP contribution is -2.39. The molecule has 21 heavy (non-hydrogen) atoms. The van der Waals surface area contributed by atoms with E-state index < -0.39 is 5.60 Å². The topological polar surface area (TPSA) is 59.4 Å². The van der Waals surface area contributed by atoms with Crippen LogP contribution in [0, 0.1) is 17.8 Å². The molecule has 4 nitrogen and oxygen atoms in total. The fourth-order valence-electron chi connectivity index (χ4n) is 3.17. The van der Waals surface area contributed by atoms with Gasteiger partial charge in [0.1, 0.15) is 10.6 Å². The van der Waals surface area contributed by atoms with Gasteiger partial charge < -0.3 is 9.84 Å². The summed E-state index contributed by atoms with van der Waals surface area (Å²) >= 11 is 4.86. The Hall–Kier alpha value is -0.460.